The second-order valence-corrected chi connectivity index (χ2v) is 9.06. The summed E-state index contributed by atoms with van der Waals surface area (Å²) in [6.45, 7) is 14.9. The van der Waals surface area contributed by atoms with Crippen LogP contribution in [-0.2, 0) is 4.74 Å². The number of rotatable bonds is 9. The van der Waals surface area contributed by atoms with Crippen LogP contribution in [0.5, 0.6) is 0 Å². The molecule has 1 saturated heterocycles. The number of ether oxygens (including phenoxy) is 1. The van der Waals surface area contributed by atoms with Gasteiger partial charge in [0.15, 0.2) is 0 Å². The van der Waals surface area contributed by atoms with Crippen molar-refractivity contribution in [3.63, 3.8) is 0 Å². The zero-order chi connectivity index (χ0) is 17.4. The van der Waals surface area contributed by atoms with Crippen LogP contribution in [0.2, 0.25) is 0 Å². The van der Waals surface area contributed by atoms with Gasteiger partial charge >= 0.3 is 0 Å². The van der Waals surface area contributed by atoms with Crippen LogP contribution < -0.4 is 5.32 Å². The van der Waals surface area contributed by atoms with Crippen LogP contribution >= 0.6 is 0 Å². The Kier molecular flexibility index (Phi) is 8.53. The third-order valence-corrected chi connectivity index (χ3v) is 6.17. The highest BCUT2D eigenvalue weighted by Crippen LogP contribution is 2.45. The summed E-state index contributed by atoms with van der Waals surface area (Å²) in [5.41, 5.74) is 0.657. The minimum atomic E-state index is 0.522. The zero-order valence-corrected chi connectivity index (χ0v) is 16.8. The van der Waals surface area contributed by atoms with Gasteiger partial charge in [-0.2, -0.15) is 0 Å². The third kappa shape index (κ3) is 7.01. The van der Waals surface area contributed by atoms with E-state index < -0.39 is 0 Å². The second-order valence-electron chi connectivity index (χ2n) is 9.06. The van der Waals surface area contributed by atoms with Crippen molar-refractivity contribution in [2.45, 2.75) is 91.2 Å². The number of hydrogen-bond acceptors (Lipinski definition) is 3. The van der Waals surface area contributed by atoms with Crippen LogP contribution in [0, 0.1) is 11.3 Å². The molecule has 0 amide bonds. The summed E-state index contributed by atoms with van der Waals surface area (Å²) in [7, 11) is 0. The van der Waals surface area contributed by atoms with Crippen molar-refractivity contribution < 1.29 is 4.74 Å². The summed E-state index contributed by atoms with van der Waals surface area (Å²) < 4.78 is 6.09. The molecule has 1 spiro atoms. The smallest absolute Gasteiger partial charge is 0.0594 e. The second kappa shape index (κ2) is 10.1. The number of nitrogens with zero attached hydrogens (tertiary/aromatic N) is 1. The molecular weight excluding hydrogens is 296 g/mol. The molecule has 3 nitrogen and oxygen atoms in total. The molecule has 0 bridgehead atoms. The van der Waals surface area contributed by atoms with Crippen LogP contribution in [0.1, 0.15) is 79.1 Å². The van der Waals surface area contributed by atoms with Crippen molar-refractivity contribution in [2.24, 2.45) is 11.3 Å². The molecule has 1 N–H and O–H groups in total. The van der Waals surface area contributed by atoms with Crippen LogP contribution in [-0.4, -0.2) is 49.8 Å². The van der Waals surface area contributed by atoms with E-state index in [9.17, 15) is 0 Å². The van der Waals surface area contributed by atoms with Crippen molar-refractivity contribution in [1.29, 1.82) is 0 Å². The molecule has 1 aliphatic heterocycles. The maximum absolute atomic E-state index is 6.09. The number of likely N-dealkylation sites (tertiary alicyclic amines) is 1. The lowest BCUT2D eigenvalue weighted by molar-refractivity contribution is -0.0226. The van der Waals surface area contributed by atoms with Gasteiger partial charge in [-0.25, -0.2) is 0 Å². The molecule has 2 rings (SSSR count). The Morgan fingerprint density at radius 2 is 1.71 bits per heavy atom. The first kappa shape index (κ1) is 20.2. The maximum atomic E-state index is 6.09. The first-order chi connectivity index (χ1) is 11.5. The Bertz CT molecular complexity index is 325. The minimum absolute atomic E-state index is 0.522. The molecule has 0 radical (unpaired) electrons. The molecule has 2 aliphatic rings. The topological polar surface area (TPSA) is 24.5 Å². The summed E-state index contributed by atoms with van der Waals surface area (Å²) in [6.07, 6.45) is 11.5. The SMILES string of the molecule is CC(C)CCCN1CCC2(CCC(OCCNC(C)C)CC2)CC1. The van der Waals surface area contributed by atoms with E-state index in [0.717, 1.165) is 19.1 Å². The summed E-state index contributed by atoms with van der Waals surface area (Å²) in [5.74, 6) is 0.854. The van der Waals surface area contributed by atoms with Gasteiger partial charge in [-0.1, -0.05) is 27.7 Å². The van der Waals surface area contributed by atoms with E-state index in [1.54, 1.807) is 0 Å². The quantitative estimate of drug-likeness (QED) is 0.628. The molecule has 0 aromatic heterocycles. The van der Waals surface area contributed by atoms with E-state index in [1.807, 2.05) is 0 Å². The zero-order valence-electron chi connectivity index (χ0n) is 16.8. The molecule has 0 atom stereocenters. The first-order valence-electron chi connectivity index (χ1n) is 10.6. The first-order valence-corrected chi connectivity index (χ1v) is 10.6. The highest BCUT2D eigenvalue weighted by molar-refractivity contribution is 4.90. The number of piperidine rings is 1. The van der Waals surface area contributed by atoms with Gasteiger partial charge in [-0.05, 0) is 82.3 Å². The highest BCUT2D eigenvalue weighted by Gasteiger charge is 2.38. The lowest BCUT2D eigenvalue weighted by Crippen LogP contribution is -2.43. The molecule has 0 unspecified atom stereocenters. The summed E-state index contributed by atoms with van der Waals surface area (Å²) in [4.78, 5) is 2.72. The van der Waals surface area contributed by atoms with Gasteiger partial charge in [-0.3, -0.25) is 0 Å². The van der Waals surface area contributed by atoms with E-state index in [0.29, 0.717) is 17.6 Å². The maximum Gasteiger partial charge on any atom is 0.0594 e. The highest BCUT2D eigenvalue weighted by atomic mass is 16.5. The third-order valence-electron chi connectivity index (χ3n) is 6.17. The predicted octanol–water partition coefficient (Wildman–Crippen LogP) is 4.46. The van der Waals surface area contributed by atoms with Gasteiger partial charge in [-0.15, -0.1) is 0 Å². The van der Waals surface area contributed by atoms with E-state index >= 15 is 0 Å². The van der Waals surface area contributed by atoms with Crippen molar-refractivity contribution in [1.82, 2.24) is 10.2 Å². The van der Waals surface area contributed by atoms with E-state index in [2.05, 4.69) is 37.9 Å². The predicted molar refractivity (Wildman–Crippen MR) is 104 cm³/mol. The van der Waals surface area contributed by atoms with Crippen molar-refractivity contribution in [3.05, 3.63) is 0 Å². The summed E-state index contributed by atoms with van der Waals surface area (Å²) >= 11 is 0. The van der Waals surface area contributed by atoms with Gasteiger partial charge < -0.3 is 15.0 Å². The molecule has 1 aliphatic carbocycles. The van der Waals surface area contributed by atoms with E-state index in [1.165, 1.54) is 71.0 Å². The molecule has 1 saturated carbocycles. The monoisotopic (exact) mass is 338 g/mol. The van der Waals surface area contributed by atoms with E-state index in [-0.39, 0.29) is 0 Å². The van der Waals surface area contributed by atoms with Gasteiger partial charge in [0, 0.05) is 12.6 Å². The van der Waals surface area contributed by atoms with Crippen LogP contribution in [0.25, 0.3) is 0 Å². The molecular formula is C21H42N2O. The Balaban J connectivity index is 1.58. The fourth-order valence-electron chi connectivity index (χ4n) is 4.42. The van der Waals surface area contributed by atoms with Crippen molar-refractivity contribution in [2.75, 3.05) is 32.8 Å². The normalized spacial score (nSPS) is 22.8. The van der Waals surface area contributed by atoms with Crippen molar-refractivity contribution >= 4 is 0 Å². The molecule has 3 heteroatoms. The van der Waals surface area contributed by atoms with E-state index in [4.69, 9.17) is 4.74 Å². The standard InChI is InChI=1S/C21H42N2O/c1-18(2)6-5-14-23-15-11-21(12-16-23)9-7-20(8-10-21)24-17-13-22-19(3)4/h18-20,22H,5-17H2,1-4H3. The molecule has 0 aromatic rings. The molecule has 24 heavy (non-hydrogen) atoms. The Morgan fingerprint density at radius 1 is 1.04 bits per heavy atom. The molecule has 1 heterocycles. The van der Waals surface area contributed by atoms with Crippen LogP contribution in [0.15, 0.2) is 0 Å². The molecule has 0 aromatic carbocycles. The number of hydrogen-bond donors (Lipinski definition) is 1. The van der Waals surface area contributed by atoms with Gasteiger partial charge in [0.25, 0.3) is 0 Å². The molecule has 142 valence electrons. The lowest BCUT2D eigenvalue weighted by atomic mass is 9.67. The van der Waals surface area contributed by atoms with Crippen LogP contribution in [0.4, 0.5) is 0 Å². The Morgan fingerprint density at radius 3 is 2.29 bits per heavy atom. The summed E-state index contributed by atoms with van der Waals surface area (Å²) in [5, 5.41) is 3.44. The van der Waals surface area contributed by atoms with Crippen molar-refractivity contribution in [3.8, 4) is 0 Å². The minimum Gasteiger partial charge on any atom is -0.377 e. The Labute approximate surface area is 150 Å². The fourth-order valence-corrected chi connectivity index (χ4v) is 4.42. The van der Waals surface area contributed by atoms with Crippen LogP contribution in [0.3, 0.4) is 0 Å². The van der Waals surface area contributed by atoms with Gasteiger partial charge in [0.1, 0.15) is 0 Å². The lowest BCUT2D eigenvalue weighted by Gasteiger charge is -2.46. The Hall–Kier alpha value is -0.120. The average Bonchev–Trinajstić information content (AvgIpc) is 2.55. The summed E-state index contributed by atoms with van der Waals surface area (Å²) in [6, 6.07) is 0.564. The largest absolute Gasteiger partial charge is 0.377 e. The fraction of sp³-hybridized carbons (Fsp3) is 1.00. The van der Waals surface area contributed by atoms with Gasteiger partial charge in [0.2, 0.25) is 0 Å². The number of nitrogens with one attached hydrogen (secondary N) is 1. The van der Waals surface area contributed by atoms with Gasteiger partial charge in [0.05, 0.1) is 12.7 Å². The molecule has 2 fully saturated rings. The average molecular weight is 339 g/mol.